The number of likely N-dealkylation sites (tertiary alicyclic amines) is 2. The van der Waals surface area contributed by atoms with Crippen LogP contribution >= 0.6 is 0 Å². The van der Waals surface area contributed by atoms with Crippen molar-refractivity contribution in [2.75, 3.05) is 45.9 Å². The first kappa shape index (κ1) is 20.4. The largest absolute Gasteiger partial charge is 0.377 e. The predicted octanol–water partition coefficient (Wildman–Crippen LogP) is 1.43. The van der Waals surface area contributed by atoms with E-state index < -0.39 is 0 Å². The standard InChI is InChI=1S/C20H36N4O3/c1-15(12-24-8-3-6-19(24)25)11-21-20(26)22-18-7-9-23(13-16(18)2)14-17-5-4-10-27-17/h15-18H,3-14H2,1-2H3,(H2,21,22,26)/t15-,16-,17-,18-/m1/s1. The fourth-order valence-electron chi connectivity index (χ4n) is 4.51. The van der Waals surface area contributed by atoms with Gasteiger partial charge in [-0.05, 0) is 37.5 Å². The minimum atomic E-state index is -0.0842. The van der Waals surface area contributed by atoms with Crippen molar-refractivity contribution in [3.8, 4) is 0 Å². The van der Waals surface area contributed by atoms with Crippen LogP contribution in [0.5, 0.6) is 0 Å². The second kappa shape index (κ2) is 9.73. The molecular formula is C20H36N4O3. The number of nitrogens with zero attached hydrogens (tertiary/aromatic N) is 2. The molecule has 7 heteroatoms. The van der Waals surface area contributed by atoms with Crippen LogP contribution in [-0.2, 0) is 9.53 Å². The lowest BCUT2D eigenvalue weighted by atomic mass is 9.93. The van der Waals surface area contributed by atoms with Crippen LogP contribution < -0.4 is 10.6 Å². The van der Waals surface area contributed by atoms with Crippen molar-refractivity contribution >= 4 is 11.9 Å². The normalized spacial score (nSPS) is 30.5. The molecule has 3 amide bonds. The van der Waals surface area contributed by atoms with Crippen molar-refractivity contribution in [3.63, 3.8) is 0 Å². The van der Waals surface area contributed by atoms with Crippen LogP contribution in [0.4, 0.5) is 4.79 Å². The molecule has 0 aromatic carbocycles. The topological polar surface area (TPSA) is 73.9 Å². The number of rotatable bonds is 7. The van der Waals surface area contributed by atoms with Crippen molar-refractivity contribution in [2.24, 2.45) is 11.8 Å². The highest BCUT2D eigenvalue weighted by molar-refractivity contribution is 5.78. The average molecular weight is 381 g/mol. The quantitative estimate of drug-likeness (QED) is 0.701. The molecule has 0 aromatic heterocycles. The lowest BCUT2D eigenvalue weighted by Crippen LogP contribution is -2.53. The third-order valence-electron chi connectivity index (χ3n) is 6.11. The fourth-order valence-corrected chi connectivity index (χ4v) is 4.51. The first-order chi connectivity index (χ1) is 13.0. The summed E-state index contributed by atoms with van der Waals surface area (Å²) in [6, 6.07) is 0.139. The molecule has 3 aliphatic heterocycles. The van der Waals surface area contributed by atoms with E-state index in [1.54, 1.807) is 0 Å². The van der Waals surface area contributed by atoms with Gasteiger partial charge in [0, 0.05) is 58.3 Å². The first-order valence-electron chi connectivity index (χ1n) is 10.7. The summed E-state index contributed by atoms with van der Waals surface area (Å²) in [5.41, 5.74) is 0. The van der Waals surface area contributed by atoms with Gasteiger partial charge in [0.2, 0.25) is 5.91 Å². The van der Waals surface area contributed by atoms with Crippen LogP contribution in [0, 0.1) is 11.8 Å². The van der Waals surface area contributed by atoms with E-state index in [9.17, 15) is 9.59 Å². The predicted molar refractivity (Wildman–Crippen MR) is 104 cm³/mol. The molecule has 154 valence electrons. The number of carbonyl (C=O) groups is 2. The molecule has 0 radical (unpaired) electrons. The highest BCUT2D eigenvalue weighted by atomic mass is 16.5. The molecule has 3 rings (SSSR count). The Kier molecular flexibility index (Phi) is 7.35. The van der Waals surface area contributed by atoms with Gasteiger partial charge in [0.15, 0.2) is 0 Å². The Morgan fingerprint density at radius 1 is 1.30 bits per heavy atom. The molecule has 7 nitrogen and oxygen atoms in total. The monoisotopic (exact) mass is 380 g/mol. The molecule has 27 heavy (non-hydrogen) atoms. The Labute approximate surface area is 163 Å². The van der Waals surface area contributed by atoms with E-state index >= 15 is 0 Å². The molecule has 0 bridgehead atoms. The van der Waals surface area contributed by atoms with Gasteiger partial charge in [-0.2, -0.15) is 0 Å². The van der Waals surface area contributed by atoms with E-state index in [4.69, 9.17) is 4.74 Å². The smallest absolute Gasteiger partial charge is 0.315 e. The number of carbonyl (C=O) groups excluding carboxylic acids is 2. The second-order valence-corrected chi connectivity index (χ2v) is 8.67. The molecule has 3 fully saturated rings. The van der Waals surface area contributed by atoms with Crippen molar-refractivity contribution in [1.29, 1.82) is 0 Å². The third-order valence-corrected chi connectivity index (χ3v) is 6.11. The lowest BCUT2D eigenvalue weighted by molar-refractivity contribution is -0.128. The SMILES string of the molecule is C[C@H](CNC(=O)N[C@@H]1CCN(C[C@H]2CCCO2)C[C@H]1C)CN1CCCC1=O. The third kappa shape index (κ3) is 6.07. The van der Waals surface area contributed by atoms with Gasteiger partial charge in [-0.1, -0.05) is 13.8 Å². The Balaban J connectivity index is 1.32. The van der Waals surface area contributed by atoms with Crippen molar-refractivity contribution in [3.05, 3.63) is 0 Å². The lowest BCUT2D eigenvalue weighted by Gasteiger charge is -2.38. The molecule has 0 saturated carbocycles. The zero-order valence-corrected chi connectivity index (χ0v) is 16.9. The van der Waals surface area contributed by atoms with Gasteiger partial charge in [-0.3, -0.25) is 4.79 Å². The molecule has 2 N–H and O–H groups in total. The van der Waals surface area contributed by atoms with Gasteiger partial charge >= 0.3 is 6.03 Å². The van der Waals surface area contributed by atoms with Crippen molar-refractivity contribution < 1.29 is 14.3 Å². The van der Waals surface area contributed by atoms with Crippen molar-refractivity contribution in [1.82, 2.24) is 20.4 Å². The Morgan fingerprint density at radius 3 is 2.81 bits per heavy atom. The number of hydrogen-bond donors (Lipinski definition) is 2. The highest BCUT2D eigenvalue weighted by Crippen LogP contribution is 2.20. The summed E-state index contributed by atoms with van der Waals surface area (Å²) < 4.78 is 5.74. The van der Waals surface area contributed by atoms with Crippen molar-refractivity contribution in [2.45, 2.75) is 58.1 Å². The minimum Gasteiger partial charge on any atom is -0.377 e. The zero-order chi connectivity index (χ0) is 19.2. The van der Waals surface area contributed by atoms with Crippen LogP contribution in [-0.4, -0.2) is 79.8 Å². The van der Waals surface area contributed by atoms with E-state index in [0.29, 0.717) is 25.0 Å². The molecule has 0 aromatic rings. The molecule has 3 aliphatic rings. The Morgan fingerprint density at radius 2 is 2.15 bits per heavy atom. The number of nitrogens with one attached hydrogen (secondary N) is 2. The number of urea groups is 1. The maximum absolute atomic E-state index is 12.3. The minimum absolute atomic E-state index is 0.0842. The maximum Gasteiger partial charge on any atom is 0.315 e. The highest BCUT2D eigenvalue weighted by Gasteiger charge is 2.29. The molecule has 0 aliphatic carbocycles. The van der Waals surface area contributed by atoms with E-state index in [-0.39, 0.29) is 23.9 Å². The number of hydrogen-bond acceptors (Lipinski definition) is 4. The summed E-state index contributed by atoms with van der Waals surface area (Å²) in [4.78, 5) is 28.4. The summed E-state index contributed by atoms with van der Waals surface area (Å²) >= 11 is 0. The van der Waals surface area contributed by atoms with Gasteiger partial charge in [-0.25, -0.2) is 4.79 Å². The summed E-state index contributed by atoms with van der Waals surface area (Å²) in [6.07, 6.45) is 5.37. The molecule has 4 atom stereocenters. The Bertz CT molecular complexity index is 509. The van der Waals surface area contributed by atoms with E-state index in [2.05, 4.69) is 29.4 Å². The van der Waals surface area contributed by atoms with Gasteiger partial charge < -0.3 is 25.2 Å². The number of amides is 3. The Hall–Kier alpha value is -1.34. The van der Waals surface area contributed by atoms with Crippen LogP contribution in [0.15, 0.2) is 0 Å². The van der Waals surface area contributed by atoms with E-state index in [1.165, 1.54) is 12.8 Å². The number of piperidine rings is 1. The first-order valence-corrected chi connectivity index (χ1v) is 10.7. The molecule has 3 saturated heterocycles. The van der Waals surface area contributed by atoms with Crippen LogP contribution in [0.1, 0.15) is 46.0 Å². The van der Waals surface area contributed by atoms with Gasteiger partial charge in [0.05, 0.1) is 6.10 Å². The summed E-state index contributed by atoms with van der Waals surface area (Å²) in [6.45, 7) is 10.4. The second-order valence-electron chi connectivity index (χ2n) is 8.67. The summed E-state index contributed by atoms with van der Waals surface area (Å²) in [5, 5.41) is 6.14. The zero-order valence-electron chi connectivity index (χ0n) is 16.9. The van der Waals surface area contributed by atoms with Crippen LogP contribution in [0.25, 0.3) is 0 Å². The van der Waals surface area contributed by atoms with E-state index in [1.807, 2.05) is 4.90 Å². The summed E-state index contributed by atoms with van der Waals surface area (Å²) in [7, 11) is 0. The molecule has 3 heterocycles. The van der Waals surface area contributed by atoms with E-state index in [0.717, 1.165) is 52.2 Å². The van der Waals surface area contributed by atoms with Crippen LogP contribution in [0.2, 0.25) is 0 Å². The maximum atomic E-state index is 12.3. The van der Waals surface area contributed by atoms with Crippen LogP contribution in [0.3, 0.4) is 0 Å². The number of ether oxygens (including phenoxy) is 1. The van der Waals surface area contributed by atoms with Gasteiger partial charge in [0.1, 0.15) is 0 Å². The molecule has 0 unspecified atom stereocenters. The fraction of sp³-hybridized carbons (Fsp3) is 0.900. The molecular weight excluding hydrogens is 344 g/mol. The van der Waals surface area contributed by atoms with Gasteiger partial charge in [-0.15, -0.1) is 0 Å². The summed E-state index contributed by atoms with van der Waals surface area (Å²) in [5.74, 6) is 0.948. The molecule has 0 spiro atoms. The average Bonchev–Trinajstić information content (AvgIpc) is 3.28. The van der Waals surface area contributed by atoms with Gasteiger partial charge in [0.25, 0.3) is 0 Å².